The van der Waals surface area contributed by atoms with Gasteiger partial charge in [0, 0.05) is 5.88 Å². The SMILES string of the molecule is CCOC(=O)Cc1c(CCl)ccc(OC(F)F)c1C#N. The maximum absolute atomic E-state index is 12.3. The zero-order valence-electron chi connectivity index (χ0n) is 10.7. The van der Waals surface area contributed by atoms with Gasteiger partial charge < -0.3 is 9.47 Å². The van der Waals surface area contributed by atoms with Crippen LogP contribution < -0.4 is 4.74 Å². The Morgan fingerprint density at radius 2 is 2.20 bits per heavy atom. The van der Waals surface area contributed by atoms with Gasteiger partial charge >= 0.3 is 12.6 Å². The van der Waals surface area contributed by atoms with Gasteiger partial charge in [-0.05, 0) is 24.1 Å². The van der Waals surface area contributed by atoms with Crippen molar-refractivity contribution in [3.8, 4) is 11.8 Å². The van der Waals surface area contributed by atoms with Gasteiger partial charge in [0.05, 0.1) is 18.6 Å². The molecular weight excluding hydrogens is 292 g/mol. The minimum atomic E-state index is -3.06. The minimum absolute atomic E-state index is 0.0401. The van der Waals surface area contributed by atoms with E-state index in [4.69, 9.17) is 21.6 Å². The Bertz CT molecular complexity index is 529. The van der Waals surface area contributed by atoms with Crippen LogP contribution in [0.3, 0.4) is 0 Å². The molecule has 1 aromatic rings. The number of ether oxygens (including phenoxy) is 2. The monoisotopic (exact) mass is 303 g/mol. The molecule has 4 nitrogen and oxygen atoms in total. The van der Waals surface area contributed by atoms with E-state index in [1.807, 2.05) is 0 Å². The number of carbonyl (C=O) groups is 1. The number of hydrogen-bond donors (Lipinski definition) is 0. The number of hydrogen-bond acceptors (Lipinski definition) is 4. The maximum Gasteiger partial charge on any atom is 0.387 e. The summed E-state index contributed by atoms with van der Waals surface area (Å²) in [5.74, 6) is -0.807. The number of alkyl halides is 3. The third kappa shape index (κ3) is 4.07. The first-order valence-electron chi connectivity index (χ1n) is 5.74. The molecule has 0 atom stereocenters. The smallest absolute Gasteiger partial charge is 0.387 e. The fraction of sp³-hybridized carbons (Fsp3) is 0.385. The van der Waals surface area contributed by atoms with E-state index in [9.17, 15) is 13.6 Å². The van der Waals surface area contributed by atoms with Gasteiger partial charge in [0.25, 0.3) is 0 Å². The Hall–Kier alpha value is -1.87. The van der Waals surface area contributed by atoms with Crippen LogP contribution in [0.15, 0.2) is 12.1 Å². The van der Waals surface area contributed by atoms with Gasteiger partial charge in [0.15, 0.2) is 0 Å². The number of rotatable bonds is 6. The molecule has 0 amide bonds. The molecule has 0 saturated heterocycles. The second kappa shape index (κ2) is 7.65. The molecular formula is C13H12ClF2NO3. The van der Waals surface area contributed by atoms with Crippen LogP contribution in [0, 0.1) is 11.3 Å². The molecule has 108 valence electrons. The largest absolute Gasteiger partial charge is 0.466 e. The Labute approximate surface area is 119 Å². The van der Waals surface area contributed by atoms with E-state index < -0.39 is 12.6 Å². The van der Waals surface area contributed by atoms with Crippen molar-refractivity contribution in [1.82, 2.24) is 0 Å². The van der Waals surface area contributed by atoms with Crippen molar-refractivity contribution in [3.63, 3.8) is 0 Å². The average Bonchev–Trinajstić information content (AvgIpc) is 2.39. The van der Waals surface area contributed by atoms with E-state index in [2.05, 4.69) is 4.74 Å². The van der Waals surface area contributed by atoms with Gasteiger partial charge in [-0.15, -0.1) is 11.6 Å². The summed E-state index contributed by atoms with van der Waals surface area (Å²) in [5.41, 5.74) is 0.619. The zero-order valence-corrected chi connectivity index (χ0v) is 11.4. The minimum Gasteiger partial charge on any atom is -0.466 e. The van der Waals surface area contributed by atoms with Gasteiger partial charge in [-0.25, -0.2) is 0 Å². The Morgan fingerprint density at radius 1 is 1.50 bits per heavy atom. The summed E-state index contributed by atoms with van der Waals surface area (Å²) in [6.45, 7) is -1.23. The van der Waals surface area contributed by atoms with Crippen LogP contribution in [-0.2, 0) is 21.8 Å². The highest BCUT2D eigenvalue weighted by Crippen LogP contribution is 2.28. The summed E-state index contributed by atoms with van der Waals surface area (Å²) in [6, 6.07) is 4.44. The summed E-state index contributed by atoms with van der Waals surface area (Å²) in [4.78, 5) is 11.5. The molecule has 1 aromatic carbocycles. The molecule has 0 N–H and O–H groups in total. The number of benzene rings is 1. The van der Waals surface area contributed by atoms with Crippen LogP contribution in [0.5, 0.6) is 5.75 Å². The second-order valence-electron chi connectivity index (χ2n) is 3.68. The van der Waals surface area contributed by atoms with Crippen molar-refractivity contribution < 1.29 is 23.0 Å². The van der Waals surface area contributed by atoms with E-state index in [1.165, 1.54) is 12.1 Å². The van der Waals surface area contributed by atoms with E-state index in [1.54, 1.807) is 13.0 Å². The molecule has 0 saturated carbocycles. The molecule has 1 rings (SSSR count). The van der Waals surface area contributed by atoms with Gasteiger partial charge in [-0.2, -0.15) is 14.0 Å². The normalized spacial score (nSPS) is 10.2. The first kappa shape index (κ1) is 16.2. The number of esters is 1. The van der Waals surface area contributed by atoms with E-state index >= 15 is 0 Å². The summed E-state index contributed by atoms with van der Waals surface area (Å²) >= 11 is 5.73. The molecule has 0 aliphatic rings. The molecule has 0 fully saturated rings. The molecule has 0 heterocycles. The Kier molecular flexibility index (Phi) is 6.19. The van der Waals surface area contributed by atoms with E-state index in [0.717, 1.165) is 0 Å². The number of nitriles is 1. The number of carbonyl (C=O) groups excluding carboxylic acids is 1. The molecule has 7 heteroatoms. The Balaban J connectivity index is 3.22. The zero-order chi connectivity index (χ0) is 15.1. The van der Waals surface area contributed by atoms with E-state index in [-0.39, 0.29) is 35.8 Å². The third-order valence-electron chi connectivity index (χ3n) is 2.47. The van der Waals surface area contributed by atoms with Crippen LogP contribution in [-0.4, -0.2) is 19.2 Å². The first-order valence-corrected chi connectivity index (χ1v) is 6.28. The standard InChI is InChI=1S/C13H12ClF2NO3/c1-2-19-12(18)5-9-8(6-14)3-4-11(10(9)7-17)20-13(15)16/h3-4,13H,2,5-6H2,1H3. The van der Waals surface area contributed by atoms with E-state index in [0.29, 0.717) is 5.56 Å². The van der Waals surface area contributed by atoms with Crippen molar-refractivity contribution in [2.75, 3.05) is 6.61 Å². The van der Waals surface area contributed by atoms with Crippen molar-refractivity contribution in [3.05, 3.63) is 28.8 Å². The second-order valence-corrected chi connectivity index (χ2v) is 3.95. The van der Waals surface area contributed by atoms with Crippen LogP contribution in [0.4, 0.5) is 8.78 Å². The summed E-state index contributed by atoms with van der Waals surface area (Å²) in [7, 11) is 0. The Morgan fingerprint density at radius 3 is 2.70 bits per heavy atom. The molecule has 0 aromatic heterocycles. The van der Waals surface area contributed by atoms with Crippen molar-refractivity contribution in [2.45, 2.75) is 25.8 Å². The van der Waals surface area contributed by atoms with Crippen LogP contribution in [0.1, 0.15) is 23.6 Å². The van der Waals surface area contributed by atoms with Crippen LogP contribution in [0.25, 0.3) is 0 Å². The molecule has 0 unspecified atom stereocenters. The van der Waals surface area contributed by atoms with Crippen molar-refractivity contribution in [1.29, 1.82) is 5.26 Å². The van der Waals surface area contributed by atoms with Crippen LogP contribution in [0.2, 0.25) is 0 Å². The first-order chi connectivity index (χ1) is 9.53. The lowest BCUT2D eigenvalue weighted by Crippen LogP contribution is -2.12. The maximum atomic E-state index is 12.3. The third-order valence-corrected chi connectivity index (χ3v) is 2.76. The lowest BCUT2D eigenvalue weighted by Gasteiger charge is -2.13. The van der Waals surface area contributed by atoms with Crippen molar-refractivity contribution in [2.24, 2.45) is 0 Å². The predicted octanol–water partition coefficient (Wildman–Crippen LogP) is 3.00. The quantitative estimate of drug-likeness (QED) is 0.599. The molecule has 0 radical (unpaired) electrons. The lowest BCUT2D eigenvalue weighted by atomic mass is 9.99. The fourth-order valence-corrected chi connectivity index (χ4v) is 1.92. The summed E-state index contributed by atoms with van der Waals surface area (Å²) in [5, 5.41) is 9.10. The topological polar surface area (TPSA) is 59.3 Å². The highest BCUT2D eigenvalue weighted by Gasteiger charge is 2.19. The lowest BCUT2D eigenvalue weighted by molar-refractivity contribution is -0.142. The number of halogens is 3. The van der Waals surface area contributed by atoms with Gasteiger partial charge in [0.1, 0.15) is 11.8 Å². The fourth-order valence-electron chi connectivity index (χ4n) is 1.67. The highest BCUT2D eigenvalue weighted by molar-refractivity contribution is 6.17. The molecule has 0 spiro atoms. The van der Waals surface area contributed by atoms with Gasteiger partial charge in [-0.3, -0.25) is 4.79 Å². The predicted molar refractivity (Wildman–Crippen MR) is 67.7 cm³/mol. The summed E-state index contributed by atoms with van der Waals surface area (Å²) < 4.78 is 33.6. The molecule has 0 aliphatic carbocycles. The van der Waals surface area contributed by atoms with Crippen molar-refractivity contribution >= 4 is 17.6 Å². The number of nitrogens with zero attached hydrogens (tertiary/aromatic N) is 1. The molecule has 0 aliphatic heterocycles. The van der Waals surface area contributed by atoms with Gasteiger partial charge in [0.2, 0.25) is 0 Å². The summed E-state index contributed by atoms with van der Waals surface area (Å²) in [6.07, 6.45) is -0.223. The average molecular weight is 304 g/mol. The molecule has 20 heavy (non-hydrogen) atoms. The molecule has 0 bridgehead atoms. The van der Waals surface area contributed by atoms with Crippen LogP contribution >= 0.6 is 11.6 Å². The highest BCUT2D eigenvalue weighted by atomic mass is 35.5. The van der Waals surface area contributed by atoms with Gasteiger partial charge in [-0.1, -0.05) is 6.07 Å².